The van der Waals surface area contributed by atoms with Crippen LogP contribution in [-0.2, 0) is 31.0 Å². The number of amides is 1. The van der Waals surface area contributed by atoms with Crippen molar-refractivity contribution in [2.45, 2.75) is 67.9 Å². The van der Waals surface area contributed by atoms with Gasteiger partial charge in [-0.1, -0.05) is 6.07 Å². The van der Waals surface area contributed by atoms with E-state index < -0.39 is 53.5 Å². The van der Waals surface area contributed by atoms with E-state index in [-0.39, 0.29) is 18.2 Å². The van der Waals surface area contributed by atoms with Gasteiger partial charge in [-0.25, -0.2) is 9.59 Å². The number of carbonyl (C=O) groups excluding carboxylic acids is 2. The third kappa shape index (κ3) is 3.33. The second-order valence-electron chi connectivity index (χ2n) is 10.1. The summed E-state index contributed by atoms with van der Waals surface area (Å²) in [6.45, 7) is 2.13. The molecule has 5 rings (SSSR count). The van der Waals surface area contributed by atoms with Crippen molar-refractivity contribution in [2.75, 3.05) is 20.7 Å². The lowest BCUT2D eigenvalue weighted by molar-refractivity contribution is -0.170. The quantitative estimate of drug-likeness (QED) is 0.370. The van der Waals surface area contributed by atoms with E-state index >= 15 is 0 Å². The summed E-state index contributed by atoms with van der Waals surface area (Å²) < 4.78 is 17.7. The number of carboxylic acid groups (broad SMARTS) is 1. The standard InChI is InChI=1S/C25H30N2O9/c1-12(26-18(29)11-14(28)22(30)31)23(32)35-16-6-7-25(33)17-10-13-4-5-15(34-3)20-19(13)24(25,21(16)36-20)8-9-27(17)2/h4-6,12,14,17,21,28,33H,7-11H2,1-3H3,(H,26,29)(H,30,31)/t12?,14?,17-,21+,24+,25-/m1/s1. The van der Waals surface area contributed by atoms with Crippen LogP contribution in [0, 0.1) is 0 Å². The van der Waals surface area contributed by atoms with Gasteiger partial charge in [0.25, 0.3) is 0 Å². The van der Waals surface area contributed by atoms with Crippen molar-refractivity contribution in [3.63, 3.8) is 0 Å². The zero-order valence-electron chi connectivity index (χ0n) is 20.3. The van der Waals surface area contributed by atoms with Gasteiger partial charge in [-0.2, -0.15) is 0 Å². The predicted molar refractivity (Wildman–Crippen MR) is 123 cm³/mol. The molecule has 1 aromatic rings. The molecule has 6 atom stereocenters. The van der Waals surface area contributed by atoms with Crippen LogP contribution < -0.4 is 14.8 Å². The number of carboxylic acids is 1. The molecule has 2 bridgehead atoms. The third-order valence-electron chi connectivity index (χ3n) is 8.17. The molecule has 11 nitrogen and oxygen atoms in total. The largest absolute Gasteiger partial charge is 0.493 e. The van der Waals surface area contributed by atoms with Crippen molar-refractivity contribution in [3.05, 3.63) is 35.1 Å². The minimum Gasteiger partial charge on any atom is -0.493 e. The zero-order chi connectivity index (χ0) is 26.0. The number of aliphatic hydroxyl groups is 2. The van der Waals surface area contributed by atoms with Crippen LogP contribution in [0.25, 0.3) is 0 Å². The molecule has 1 aromatic carbocycles. The number of likely N-dealkylation sites (tertiary alicyclic amines) is 1. The SMILES string of the molecule is COc1ccc2c3c1O[C@H]1C(OC(=O)C(C)NC(=O)CC(O)C(=O)O)=CC[C@@]4(O)[C@@H](C2)N(C)CC[C@]314. The van der Waals surface area contributed by atoms with Crippen LogP contribution in [0.4, 0.5) is 0 Å². The molecule has 4 aliphatic rings. The number of ether oxygens (including phenoxy) is 3. The molecule has 2 aliphatic carbocycles. The first-order valence-electron chi connectivity index (χ1n) is 11.9. The summed E-state index contributed by atoms with van der Waals surface area (Å²) >= 11 is 0. The molecule has 4 N–H and O–H groups in total. The molecule has 0 aromatic heterocycles. The summed E-state index contributed by atoms with van der Waals surface area (Å²) in [7, 11) is 3.55. The van der Waals surface area contributed by atoms with Gasteiger partial charge in [-0.3, -0.25) is 4.79 Å². The Hall–Kier alpha value is -3.15. The minimum absolute atomic E-state index is 0.142. The average Bonchev–Trinajstić information content (AvgIpc) is 3.18. The van der Waals surface area contributed by atoms with Gasteiger partial charge in [0, 0.05) is 18.0 Å². The Balaban J connectivity index is 1.44. The van der Waals surface area contributed by atoms with Gasteiger partial charge >= 0.3 is 11.9 Å². The van der Waals surface area contributed by atoms with Gasteiger partial charge in [-0.15, -0.1) is 0 Å². The lowest BCUT2D eigenvalue weighted by atomic mass is 9.50. The molecule has 2 unspecified atom stereocenters. The van der Waals surface area contributed by atoms with E-state index in [1.807, 2.05) is 19.2 Å². The molecule has 0 radical (unpaired) electrons. The lowest BCUT2D eigenvalue weighted by Gasteiger charge is -2.61. The highest BCUT2D eigenvalue weighted by atomic mass is 16.6. The Labute approximate surface area is 207 Å². The highest BCUT2D eigenvalue weighted by Crippen LogP contribution is 2.65. The van der Waals surface area contributed by atoms with Crippen molar-refractivity contribution in [1.82, 2.24) is 10.2 Å². The molecular formula is C25H30N2O9. The summed E-state index contributed by atoms with van der Waals surface area (Å²) in [5.74, 6) is -1.76. The fraction of sp³-hybridized carbons (Fsp3) is 0.560. The molecule has 1 spiro atoms. The molecule has 2 aliphatic heterocycles. The minimum atomic E-state index is -1.87. The molecule has 0 saturated carbocycles. The number of nitrogens with zero attached hydrogens (tertiary/aromatic N) is 1. The fourth-order valence-electron chi connectivity index (χ4n) is 6.41. The lowest BCUT2D eigenvalue weighted by Crippen LogP contribution is -2.74. The smallest absolute Gasteiger partial charge is 0.333 e. The van der Waals surface area contributed by atoms with Crippen molar-refractivity contribution >= 4 is 17.8 Å². The first-order valence-corrected chi connectivity index (χ1v) is 11.9. The fourth-order valence-corrected chi connectivity index (χ4v) is 6.41. The molecule has 1 saturated heterocycles. The Morgan fingerprint density at radius 2 is 2.08 bits per heavy atom. The van der Waals surface area contributed by atoms with Gasteiger partial charge in [0.1, 0.15) is 11.8 Å². The van der Waals surface area contributed by atoms with Crippen molar-refractivity contribution in [2.24, 2.45) is 0 Å². The summed E-state index contributed by atoms with van der Waals surface area (Å²) in [6, 6.07) is 2.60. The van der Waals surface area contributed by atoms with Gasteiger partial charge < -0.3 is 39.7 Å². The first kappa shape index (κ1) is 24.5. The number of piperidine rings is 1. The van der Waals surface area contributed by atoms with Crippen LogP contribution in [-0.4, -0.2) is 88.7 Å². The second kappa shape index (κ2) is 8.46. The molecule has 11 heteroatoms. The maximum absolute atomic E-state index is 12.9. The number of likely N-dealkylation sites (N-methyl/N-ethyl adjacent to an activating group) is 1. The van der Waals surface area contributed by atoms with E-state index in [9.17, 15) is 24.6 Å². The van der Waals surface area contributed by atoms with Gasteiger partial charge in [0.15, 0.2) is 23.7 Å². The molecule has 1 fully saturated rings. The summed E-state index contributed by atoms with van der Waals surface area (Å²) in [4.78, 5) is 37.9. The van der Waals surface area contributed by atoms with E-state index in [1.165, 1.54) is 6.92 Å². The molecular weight excluding hydrogens is 472 g/mol. The zero-order valence-corrected chi connectivity index (χ0v) is 20.3. The third-order valence-corrected chi connectivity index (χ3v) is 8.17. The number of esters is 1. The molecule has 1 amide bonds. The highest BCUT2D eigenvalue weighted by molar-refractivity contribution is 5.87. The monoisotopic (exact) mass is 502 g/mol. The molecule has 36 heavy (non-hydrogen) atoms. The normalized spacial score (nSPS) is 31.3. The van der Waals surface area contributed by atoms with Crippen LogP contribution >= 0.6 is 0 Å². The van der Waals surface area contributed by atoms with Crippen LogP contribution in [0.1, 0.15) is 37.3 Å². The molecule has 194 valence electrons. The number of methoxy groups -OCH3 is 1. The predicted octanol–water partition coefficient (Wildman–Crippen LogP) is -0.144. The number of nitrogens with one attached hydrogen (secondary N) is 1. The number of aliphatic hydroxyl groups excluding tert-OH is 1. The molecule has 2 heterocycles. The Bertz CT molecular complexity index is 1170. The highest BCUT2D eigenvalue weighted by Gasteiger charge is 2.72. The van der Waals surface area contributed by atoms with Gasteiger partial charge in [0.2, 0.25) is 5.91 Å². The topological polar surface area (TPSA) is 155 Å². The number of hydrogen-bond donors (Lipinski definition) is 4. The van der Waals surface area contributed by atoms with E-state index in [1.54, 1.807) is 13.2 Å². The maximum Gasteiger partial charge on any atom is 0.333 e. The van der Waals surface area contributed by atoms with Gasteiger partial charge in [0.05, 0.1) is 24.5 Å². The van der Waals surface area contributed by atoms with Crippen LogP contribution in [0.2, 0.25) is 0 Å². The number of rotatable bonds is 7. The number of aliphatic carboxylic acids is 1. The number of carbonyl (C=O) groups is 3. The van der Waals surface area contributed by atoms with Crippen LogP contribution in [0.15, 0.2) is 24.0 Å². The number of hydrogen-bond acceptors (Lipinski definition) is 9. The Morgan fingerprint density at radius 3 is 2.78 bits per heavy atom. The summed E-state index contributed by atoms with van der Waals surface area (Å²) in [5.41, 5.74) is 0.00583. The average molecular weight is 503 g/mol. The Morgan fingerprint density at radius 1 is 1.33 bits per heavy atom. The van der Waals surface area contributed by atoms with Crippen LogP contribution in [0.5, 0.6) is 11.5 Å². The van der Waals surface area contributed by atoms with Gasteiger partial charge in [-0.05, 0) is 51.1 Å². The van der Waals surface area contributed by atoms with Crippen molar-refractivity contribution < 1.29 is 43.9 Å². The summed E-state index contributed by atoms with van der Waals surface area (Å²) in [6.07, 6.45) is -0.147. The maximum atomic E-state index is 12.9. The van der Waals surface area contributed by atoms with Crippen LogP contribution in [0.3, 0.4) is 0 Å². The van der Waals surface area contributed by atoms with Crippen molar-refractivity contribution in [3.8, 4) is 11.5 Å². The summed E-state index contributed by atoms with van der Waals surface area (Å²) in [5, 5.41) is 32.7. The van der Waals surface area contributed by atoms with E-state index in [4.69, 9.17) is 19.3 Å². The van der Waals surface area contributed by atoms with E-state index in [0.29, 0.717) is 24.3 Å². The number of benzene rings is 1. The van der Waals surface area contributed by atoms with Crippen molar-refractivity contribution in [1.29, 1.82) is 0 Å². The van der Waals surface area contributed by atoms with E-state index in [2.05, 4.69) is 10.2 Å². The first-order chi connectivity index (χ1) is 17.0. The second-order valence-corrected chi connectivity index (χ2v) is 10.1. The van der Waals surface area contributed by atoms with E-state index in [0.717, 1.165) is 17.7 Å². The Kier molecular flexibility index (Phi) is 5.77.